The highest BCUT2D eigenvalue weighted by molar-refractivity contribution is 5.14. The maximum atomic E-state index is 10.7. The van der Waals surface area contributed by atoms with Gasteiger partial charge < -0.3 is 10.4 Å². The van der Waals surface area contributed by atoms with Gasteiger partial charge in [-0.05, 0) is 63.5 Å². The van der Waals surface area contributed by atoms with Crippen molar-refractivity contribution in [1.82, 2.24) is 5.32 Å². The van der Waals surface area contributed by atoms with E-state index in [0.717, 1.165) is 51.5 Å². The Kier molecular flexibility index (Phi) is 6.06. The number of benzene rings is 1. The average Bonchev–Trinajstić information content (AvgIpc) is 2.48. The highest BCUT2D eigenvalue weighted by atomic mass is 16.3. The van der Waals surface area contributed by atoms with Gasteiger partial charge in [0.1, 0.15) is 0 Å². The molecule has 0 amide bonds. The van der Waals surface area contributed by atoms with Crippen molar-refractivity contribution in [2.75, 3.05) is 6.54 Å². The number of aryl methyl sites for hydroxylation is 1. The van der Waals surface area contributed by atoms with E-state index < -0.39 is 5.60 Å². The van der Waals surface area contributed by atoms with Gasteiger partial charge in [-0.1, -0.05) is 37.3 Å². The van der Waals surface area contributed by atoms with Crippen LogP contribution in [0.1, 0.15) is 57.4 Å². The van der Waals surface area contributed by atoms with Gasteiger partial charge in [0.05, 0.1) is 5.60 Å². The predicted octanol–water partition coefficient (Wildman–Crippen LogP) is 3.68. The van der Waals surface area contributed by atoms with Crippen molar-refractivity contribution in [3.8, 4) is 0 Å². The molecule has 1 aromatic rings. The Morgan fingerprint density at radius 1 is 1.20 bits per heavy atom. The fraction of sp³-hybridized carbons (Fsp3) is 0.667. The first kappa shape index (κ1) is 15.5. The fourth-order valence-corrected chi connectivity index (χ4v) is 3.22. The van der Waals surface area contributed by atoms with Crippen molar-refractivity contribution >= 4 is 0 Å². The monoisotopic (exact) mass is 275 g/mol. The second kappa shape index (κ2) is 7.80. The summed E-state index contributed by atoms with van der Waals surface area (Å²) in [6, 6.07) is 11.2. The predicted molar refractivity (Wildman–Crippen MR) is 84.9 cm³/mol. The third-order valence-corrected chi connectivity index (χ3v) is 4.55. The molecule has 20 heavy (non-hydrogen) atoms. The van der Waals surface area contributed by atoms with Gasteiger partial charge in [-0.25, -0.2) is 0 Å². The van der Waals surface area contributed by atoms with Crippen molar-refractivity contribution in [2.24, 2.45) is 0 Å². The topological polar surface area (TPSA) is 32.3 Å². The molecular formula is C18H29NO. The molecule has 0 aromatic heterocycles. The van der Waals surface area contributed by atoms with Crippen LogP contribution in [-0.4, -0.2) is 23.3 Å². The molecule has 112 valence electrons. The maximum Gasteiger partial charge on any atom is 0.0649 e. The Hall–Kier alpha value is -0.860. The van der Waals surface area contributed by atoms with E-state index in [-0.39, 0.29) is 0 Å². The van der Waals surface area contributed by atoms with Crippen molar-refractivity contribution < 1.29 is 5.11 Å². The van der Waals surface area contributed by atoms with Gasteiger partial charge >= 0.3 is 0 Å². The largest absolute Gasteiger partial charge is 0.390 e. The zero-order valence-electron chi connectivity index (χ0n) is 12.8. The lowest BCUT2D eigenvalue weighted by atomic mass is 9.79. The molecule has 0 atom stereocenters. The summed E-state index contributed by atoms with van der Waals surface area (Å²) in [5.41, 5.74) is 0.980. The molecule has 1 fully saturated rings. The van der Waals surface area contributed by atoms with Crippen LogP contribution in [0.3, 0.4) is 0 Å². The lowest BCUT2D eigenvalue weighted by Gasteiger charge is -2.36. The van der Waals surface area contributed by atoms with Crippen LogP contribution in [-0.2, 0) is 6.42 Å². The summed E-state index contributed by atoms with van der Waals surface area (Å²) in [6.45, 7) is 3.31. The molecular weight excluding hydrogens is 246 g/mol. The smallest absolute Gasteiger partial charge is 0.0649 e. The lowest BCUT2D eigenvalue weighted by molar-refractivity contribution is -0.0124. The van der Waals surface area contributed by atoms with E-state index in [0.29, 0.717) is 6.04 Å². The summed E-state index contributed by atoms with van der Waals surface area (Å²) < 4.78 is 0. The van der Waals surface area contributed by atoms with Crippen molar-refractivity contribution in [3.05, 3.63) is 35.9 Å². The first-order valence-electron chi connectivity index (χ1n) is 8.21. The number of hydrogen-bond acceptors (Lipinski definition) is 2. The van der Waals surface area contributed by atoms with Crippen LogP contribution in [0.25, 0.3) is 0 Å². The molecule has 2 N–H and O–H groups in total. The standard InChI is InChI=1S/C18H29NO/c1-2-15-19-17-10-13-18(20,14-11-17)12-6-9-16-7-4-3-5-8-16/h3-5,7-8,17,19-20H,2,6,9-15H2,1H3. The van der Waals surface area contributed by atoms with E-state index in [1.54, 1.807) is 0 Å². The number of aliphatic hydroxyl groups is 1. The summed E-state index contributed by atoms with van der Waals surface area (Å²) in [5.74, 6) is 0. The van der Waals surface area contributed by atoms with Crippen LogP contribution in [0.4, 0.5) is 0 Å². The zero-order chi connectivity index (χ0) is 14.3. The highest BCUT2D eigenvalue weighted by Crippen LogP contribution is 2.32. The molecule has 2 heteroatoms. The van der Waals surface area contributed by atoms with Crippen LogP contribution < -0.4 is 5.32 Å². The second-order valence-corrected chi connectivity index (χ2v) is 6.29. The number of rotatable bonds is 7. The van der Waals surface area contributed by atoms with Crippen molar-refractivity contribution in [3.63, 3.8) is 0 Å². The minimum absolute atomic E-state index is 0.404. The van der Waals surface area contributed by atoms with Crippen LogP contribution in [0.2, 0.25) is 0 Å². The average molecular weight is 275 g/mol. The van der Waals surface area contributed by atoms with E-state index in [9.17, 15) is 5.11 Å². The zero-order valence-corrected chi connectivity index (χ0v) is 12.8. The minimum Gasteiger partial charge on any atom is -0.390 e. The molecule has 2 nitrogen and oxygen atoms in total. The fourth-order valence-electron chi connectivity index (χ4n) is 3.22. The lowest BCUT2D eigenvalue weighted by Crippen LogP contribution is -2.41. The minimum atomic E-state index is -0.404. The van der Waals surface area contributed by atoms with Crippen LogP contribution in [0.15, 0.2) is 30.3 Å². The molecule has 0 heterocycles. The van der Waals surface area contributed by atoms with Gasteiger partial charge in [-0.15, -0.1) is 0 Å². The summed E-state index contributed by atoms with van der Waals surface area (Å²) in [4.78, 5) is 0. The Morgan fingerprint density at radius 3 is 2.55 bits per heavy atom. The second-order valence-electron chi connectivity index (χ2n) is 6.29. The molecule has 2 rings (SSSR count). The first-order valence-corrected chi connectivity index (χ1v) is 8.21. The third kappa shape index (κ3) is 4.92. The molecule has 0 unspecified atom stereocenters. The normalized spacial score (nSPS) is 26.6. The van der Waals surface area contributed by atoms with E-state index in [1.165, 1.54) is 12.0 Å². The van der Waals surface area contributed by atoms with Crippen LogP contribution in [0, 0.1) is 0 Å². The molecule has 0 saturated heterocycles. The Bertz CT molecular complexity index is 368. The molecule has 1 aliphatic carbocycles. The summed E-state index contributed by atoms with van der Waals surface area (Å²) >= 11 is 0. The van der Waals surface area contributed by atoms with Crippen LogP contribution >= 0.6 is 0 Å². The van der Waals surface area contributed by atoms with Gasteiger partial charge in [0, 0.05) is 6.04 Å². The maximum absolute atomic E-state index is 10.7. The number of hydrogen-bond donors (Lipinski definition) is 2. The number of nitrogens with one attached hydrogen (secondary N) is 1. The summed E-state index contributed by atoms with van der Waals surface area (Å²) in [7, 11) is 0. The van der Waals surface area contributed by atoms with Gasteiger partial charge in [-0.3, -0.25) is 0 Å². The van der Waals surface area contributed by atoms with E-state index in [1.807, 2.05) is 0 Å². The van der Waals surface area contributed by atoms with Gasteiger partial charge in [0.2, 0.25) is 0 Å². The summed E-state index contributed by atoms with van der Waals surface area (Å²) in [5, 5.41) is 14.2. The SMILES string of the molecule is CCCNC1CCC(O)(CCCc2ccccc2)CC1. The Labute approximate surface area is 123 Å². The first-order chi connectivity index (χ1) is 9.72. The quantitative estimate of drug-likeness (QED) is 0.795. The van der Waals surface area contributed by atoms with Gasteiger partial charge in [-0.2, -0.15) is 0 Å². The molecule has 1 aliphatic rings. The summed E-state index contributed by atoms with van der Waals surface area (Å²) in [6.07, 6.45) is 8.49. The van der Waals surface area contributed by atoms with Gasteiger partial charge in [0.25, 0.3) is 0 Å². The van der Waals surface area contributed by atoms with Crippen molar-refractivity contribution in [1.29, 1.82) is 0 Å². The van der Waals surface area contributed by atoms with E-state index in [2.05, 4.69) is 42.6 Å². The third-order valence-electron chi connectivity index (χ3n) is 4.55. The Balaban J connectivity index is 1.68. The molecule has 0 spiro atoms. The molecule has 0 radical (unpaired) electrons. The molecule has 0 aliphatic heterocycles. The van der Waals surface area contributed by atoms with E-state index >= 15 is 0 Å². The van der Waals surface area contributed by atoms with Crippen LogP contribution in [0.5, 0.6) is 0 Å². The molecule has 1 aromatic carbocycles. The van der Waals surface area contributed by atoms with E-state index in [4.69, 9.17) is 0 Å². The van der Waals surface area contributed by atoms with Crippen molar-refractivity contribution in [2.45, 2.75) is 69.9 Å². The van der Waals surface area contributed by atoms with Gasteiger partial charge in [0.15, 0.2) is 0 Å². The molecule has 1 saturated carbocycles. The Morgan fingerprint density at radius 2 is 1.90 bits per heavy atom. The highest BCUT2D eigenvalue weighted by Gasteiger charge is 2.32. The molecule has 0 bridgehead atoms.